The Hall–Kier alpha value is -0.530. The van der Waals surface area contributed by atoms with E-state index in [-0.39, 0.29) is 5.91 Å². The summed E-state index contributed by atoms with van der Waals surface area (Å²) < 4.78 is 0. The van der Waals surface area contributed by atoms with E-state index in [1.165, 1.54) is 0 Å². The highest BCUT2D eigenvalue weighted by Crippen LogP contribution is 1.99. The number of hydrogen-bond acceptors (Lipinski definition) is 1. The highest BCUT2D eigenvalue weighted by Gasteiger charge is 2.01. The maximum absolute atomic E-state index is 10.7. The van der Waals surface area contributed by atoms with E-state index in [0.29, 0.717) is 5.92 Å². The molecular formula is C12H29NO. The van der Waals surface area contributed by atoms with Crippen molar-refractivity contribution in [3.63, 3.8) is 0 Å². The van der Waals surface area contributed by atoms with Crippen LogP contribution in [-0.2, 0) is 4.79 Å². The third-order valence-electron chi connectivity index (χ3n) is 1.58. The largest absolute Gasteiger partial charge is 0.346 e. The summed E-state index contributed by atoms with van der Waals surface area (Å²) in [6.07, 6.45) is 1.09. The molecule has 2 nitrogen and oxygen atoms in total. The number of hydrogen-bond donors (Lipinski definition) is 0. The van der Waals surface area contributed by atoms with Crippen molar-refractivity contribution in [3.8, 4) is 0 Å². The molecule has 0 radical (unpaired) electrons. The molecule has 2 heteroatoms. The summed E-state index contributed by atoms with van der Waals surface area (Å²) in [5, 5.41) is 0. The molecule has 0 saturated carbocycles. The zero-order valence-electron chi connectivity index (χ0n) is 11.3. The second-order valence-corrected chi connectivity index (χ2v) is 3.12. The standard InChI is InChI=1S/C8H17NO.2C2H6/c1-7(2)5-6-9(4)8(3)10;2*1-2/h7H,5-6H2,1-4H3;2*1-2H3. The topological polar surface area (TPSA) is 20.3 Å². The minimum absolute atomic E-state index is 0.153. The lowest BCUT2D eigenvalue weighted by molar-refractivity contribution is -0.127. The van der Waals surface area contributed by atoms with E-state index in [1.807, 2.05) is 34.7 Å². The van der Waals surface area contributed by atoms with Crippen molar-refractivity contribution in [2.75, 3.05) is 13.6 Å². The lowest BCUT2D eigenvalue weighted by Gasteiger charge is -2.15. The SMILES string of the molecule is CC.CC.CC(=O)N(C)CCC(C)C. The fourth-order valence-electron chi connectivity index (χ4n) is 0.609. The fraction of sp³-hybridized carbons (Fsp3) is 0.917. The van der Waals surface area contributed by atoms with Gasteiger partial charge in [-0.15, -0.1) is 0 Å². The number of carbonyl (C=O) groups excluding carboxylic acids is 1. The van der Waals surface area contributed by atoms with Crippen molar-refractivity contribution in [1.82, 2.24) is 4.90 Å². The molecule has 0 aliphatic heterocycles. The van der Waals surface area contributed by atoms with Gasteiger partial charge in [-0.3, -0.25) is 4.79 Å². The van der Waals surface area contributed by atoms with Crippen LogP contribution in [0.2, 0.25) is 0 Å². The van der Waals surface area contributed by atoms with E-state index in [2.05, 4.69) is 13.8 Å². The summed E-state index contributed by atoms with van der Waals surface area (Å²) in [5.74, 6) is 0.836. The van der Waals surface area contributed by atoms with Crippen LogP contribution >= 0.6 is 0 Å². The van der Waals surface area contributed by atoms with Crippen molar-refractivity contribution in [2.24, 2.45) is 5.92 Å². The molecule has 88 valence electrons. The van der Waals surface area contributed by atoms with Gasteiger partial charge in [-0.2, -0.15) is 0 Å². The molecule has 0 bridgehead atoms. The minimum atomic E-state index is 0.153. The van der Waals surface area contributed by atoms with Crippen LogP contribution in [0.25, 0.3) is 0 Å². The maximum Gasteiger partial charge on any atom is 0.219 e. The van der Waals surface area contributed by atoms with Gasteiger partial charge in [0.2, 0.25) is 5.91 Å². The third-order valence-corrected chi connectivity index (χ3v) is 1.58. The zero-order valence-corrected chi connectivity index (χ0v) is 11.3. The summed E-state index contributed by atoms with van der Waals surface area (Å²) >= 11 is 0. The molecule has 0 fully saturated rings. The first-order valence-electron chi connectivity index (χ1n) is 5.75. The molecule has 0 saturated heterocycles. The number of rotatable bonds is 3. The van der Waals surface area contributed by atoms with Gasteiger partial charge in [-0.05, 0) is 12.3 Å². The van der Waals surface area contributed by atoms with Gasteiger partial charge >= 0.3 is 0 Å². The van der Waals surface area contributed by atoms with Crippen LogP contribution in [0, 0.1) is 5.92 Å². The van der Waals surface area contributed by atoms with E-state index in [4.69, 9.17) is 0 Å². The van der Waals surface area contributed by atoms with E-state index in [9.17, 15) is 4.79 Å². The summed E-state index contributed by atoms with van der Waals surface area (Å²) in [6, 6.07) is 0. The van der Waals surface area contributed by atoms with Gasteiger partial charge < -0.3 is 4.90 Å². The van der Waals surface area contributed by atoms with Crippen molar-refractivity contribution in [3.05, 3.63) is 0 Å². The Morgan fingerprint density at radius 2 is 1.50 bits per heavy atom. The number of amides is 1. The lowest BCUT2D eigenvalue weighted by atomic mass is 10.1. The monoisotopic (exact) mass is 203 g/mol. The van der Waals surface area contributed by atoms with Crippen LogP contribution in [0.15, 0.2) is 0 Å². The van der Waals surface area contributed by atoms with Crippen LogP contribution in [0.4, 0.5) is 0 Å². The van der Waals surface area contributed by atoms with Gasteiger partial charge in [-0.25, -0.2) is 0 Å². The Morgan fingerprint density at radius 1 is 1.14 bits per heavy atom. The summed E-state index contributed by atoms with van der Waals surface area (Å²) in [5.41, 5.74) is 0. The molecular weight excluding hydrogens is 174 g/mol. The Bertz CT molecular complexity index is 111. The molecule has 0 aliphatic carbocycles. The molecule has 0 N–H and O–H groups in total. The van der Waals surface area contributed by atoms with E-state index < -0.39 is 0 Å². The zero-order chi connectivity index (χ0) is 12.1. The van der Waals surface area contributed by atoms with Gasteiger partial charge in [0, 0.05) is 20.5 Å². The smallest absolute Gasteiger partial charge is 0.219 e. The van der Waals surface area contributed by atoms with E-state index in [1.54, 1.807) is 11.8 Å². The Balaban J connectivity index is -0.000000266. The van der Waals surface area contributed by atoms with Crippen LogP contribution in [0.1, 0.15) is 54.9 Å². The minimum Gasteiger partial charge on any atom is -0.346 e. The van der Waals surface area contributed by atoms with E-state index in [0.717, 1.165) is 13.0 Å². The highest BCUT2D eigenvalue weighted by molar-refractivity contribution is 5.72. The van der Waals surface area contributed by atoms with Gasteiger partial charge in [0.15, 0.2) is 0 Å². The van der Waals surface area contributed by atoms with Crippen molar-refractivity contribution in [1.29, 1.82) is 0 Å². The summed E-state index contributed by atoms with van der Waals surface area (Å²) in [6.45, 7) is 14.8. The number of nitrogens with zero attached hydrogens (tertiary/aromatic N) is 1. The average molecular weight is 203 g/mol. The van der Waals surface area contributed by atoms with Gasteiger partial charge in [-0.1, -0.05) is 41.5 Å². The first kappa shape index (κ1) is 19.1. The van der Waals surface area contributed by atoms with Crippen LogP contribution in [0.5, 0.6) is 0 Å². The summed E-state index contributed by atoms with van der Waals surface area (Å²) in [4.78, 5) is 12.4. The third kappa shape index (κ3) is 17.5. The quantitative estimate of drug-likeness (QED) is 0.686. The van der Waals surface area contributed by atoms with Gasteiger partial charge in [0.25, 0.3) is 0 Å². The molecule has 14 heavy (non-hydrogen) atoms. The second-order valence-electron chi connectivity index (χ2n) is 3.12. The predicted octanol–water partition coefficient (Wildman–Crippen LogP) is 3.56. The van der Waals surface area contributed by atoms with Crippen molar-refractivity contribution >= 4 is 5.91 Å². The lowest BCUT2D eigenvalue weighted by Crippen LogP contribution is -2.25. The average Bonchev–Trinajstić information content (AvgIpc) is 2.20. The first-order chi connectivity index (χ1) is 6.54. The molecule has 0 spiro atoms. The van der Waals surface area contributed by atoms with Gasteiger partial charge in [0.1, 0.15) is 0 Å². The van der Waals surface area contributed by atoms with E-state index >= 15 is 0 Å². The van der Waals surface area contributed by atoms with Crippen LogP contribution in [0.3, 0.4) is 0 Å². The van der Waals surface area contributed by atoms with Gasteiger partial charge in [0.05, 0.1) is 0 Å². The molecule has 0 atom stereocenters. The Morgan fingerprint density at radius 3 is 1.71 bits per heavy atom. The molecule has 0 heterocycles. The predicted molar refractivity (Wildman–Crippen MR) is 65.5 cm³/mol. The molecule has 0 aliphatic rings. The first-order valence-corrected chi connectivity index (χ1v) is 5.75. The van der Waals surface area contributed by atoms with Crippen LogP contribution < -0.4 is 0 Å². The molecule has 0 aromatic rings. The normalized spacial score (nSPS) is 8.07. The molecule has 0 unspecified atom stereocenters. The Kier molecular flexibility index (Phi) is 20.4. The molecule has 1 amide bonds. The second kappa shape index (κ2) is 15.0. The highest BCUT2D eigenvalue weighted by atomic mass is 16.2. The van der Waals surface area contributed by atoms with Crippen molar-refractivity contribution < 1.29 is 4.79 Å². The Labute approximate surface area is 90.7 Å². The summed E-state index contributed by atoms with van der Waals surface area (Å²) in [7, 11) is 1.84. The van der Waals surface area contributed by atoms with Crippen LogP contribution in [-0.4, -0.2) is 24.4 Å². The molecule has 0 aromatic heterocycles. The number of carbonyl (C=O) groups is 1. The molecule has 0 aromatic carbocycles. The van der Waals surface area contributed by atoms with Crippen molar-refractivity contribution in [2.45, 2.75) is 54.9 Å². The fourth-order valence-corrected chi connectivity index (χ4v) is 0.609. The maximum atomic E-state index is 10.7. The molecule has 0 rings (SSSR count).